The minimum Gasteiger partial charge on any atom is -0.494 e. The van der Waals surface area contributed by atoms with Crippen LogP contribution in [-0.2, 0) is 0 Å². The average molecular weight is 697 g/mol. The molecule has 5 aromatic carbocycles. The van der Waals surface area contributed by atoms with Gasteiger partial charge in [0.05, 0.1) is 24.6 Å². The molecule has 0 N–H and O–H groups in total. The van der Waals surface area contributed by atoms with Gasteiger partial charge in [0, 0.05) is 0 Å². The van der Waals surface area contributed by atoms with Gasteiger partial charge in [-0.2, -0.15) is 0 Å². The molecule has 2 heterocycles. The van der Waals surface area contributed by atoms with E-state index < -0.39 is 22.2 Å². The lowest BCUT2D eigenvalue weighted by Gasteiger charge is -2.13. The molecule has 0 aliphatic heterocycles. The van der Waals surface area contributed by atoms with Crippen molar-refractivity contribution < 1.29 is 18.9 Å². The first-order valence-corrected chi connectivity index (χ1v) is 17.3. The van der Waals surface area contributed by atoms with Gasteiger partial charge in [-0.1, -0.05) is 63.1 Å². The normalized spacial score (nSPS) is 11.3. The third kappa shape index (κ3) is 6.35. The quantitative estimate of drug-likeness (QED) is 0.106. The van der Waals surface area contributed by atoms with Crippen molar-refractivity contribution in [2.24, 2.45) is 0 Å². The fourth-order valence-corrected chi connectivity index (χ4v) is 6.09. The molecule has 10 heteroatoms. The van der Waals surface area contributed by atoms with Crippen molar-refractivity contribution in [3.05, 3.63) is 151 Å². The fourth-order valence-electron chi connectivity index (χ4n) is 6.09. The second kappa shape index (κ2) is 14.8. The zero-order valence-electron chi connectivity index (χ0n) is 28.8. The number of rotatable bonds is 14. The Morgan fingerprint density at radius 2 is 0.731 bits per heavy atom. The van der Waals surface area contributed by atoms with Gasteiger partial charge in [0.1, 0.15) is 44.5 Å². The fraction of sp³-hybridized carbons (Fsp3) is 0.190. The molecule has 0 radical (unpaired) electrons. The molecule has 7 rings (SSSR count). The van der Waals surface area contributed by atoms with Crippen LogP contribution in [0, 0.1) is 0 Å². The molecular formula is C42H36N2O8. The molecule has 0 unspecified atom stereocenters. The van der Waals surface area contributed by atoms with Gasteiger partial charge >= 0.3 is 0 Å². The van der Waals surface area contributed by atoms with E-state index in [1.165, 1.54) is 0 Å². The third-order valence-electron chi connectivity index (χ3n) is 8.73. The molecule has 0 amide bonds. The van der Waals surface area contributed by atoms with E-state index in [2.05, 4.69) is 13.8 Å². The monoisotopic (exact) mass is 696 g/mol. The summed E-state index contributed by atoms with van der Waals surface area (Å²) in [5.74, 6) is 1.32. The van der Waals surface area contributed by atoms with E-state index in [-0.39, 0.29) is 44.5 Å². The smallest absolute Gasteiger partial charge is 0.270 e. The Morgan fingerprint density at radius 1 is 0.423 bits per heavy atom. The SMILES string of the molecule is CCCCOc1ccc(Oc2c3c(=O)n(-c4ccccc4)c(=O)c3c(Oc3ccc(OCCCC)cc3)c3c(=O)n(-c4ccccc4)c(=O)c23)cc1. The topological polar surface area (TPSA) is 115 Å². The van der Waals surface area contributed by atoms with Gasteiger partial charge in [0.25, 0.3) is 22.2 Å². The van der Waals surface area contributed by atoms with Gasteiger partial charge in [0.15, 0.2) is 11.5 Å². The van der Waals surface area contributed by atoms with Crippen LogP contribution < -0.4 is 41.2 Å². The second-order valence-electron chi connectivity index (χ2n) is 12.3. The molecule has 262 valence electrons. The summed E-state index contributed by atoms with van der Waals surface area (Å²) in [5, 5.41) is -0.772. The Balaban J connectivity index is 1.50. The zero-order chi connectivity index (χ0) is 36.2. The van der Waals surface area contributed by atoms with Gasteiger partial charge in [0.2, 0.25) is 0 Å². The lowest BCUT2D eigenvalue weighted by atomic mass is 10.1. The van der Waals surface area contributed by atoms with E-state index >= 15 is 0 Å². The predicted molar refractivity (Wildman–Crippen MR) is 201 cm³/mol. The summed E-state index contributed by atoms with van der Waals surface area (Å²) in [6, 6.07) is 30.2. The highest BCUT2D eigenvalue weighted by Gasteiger charge is 2.32. The second-order valence-corrected chi connectivity index (χ2v) is 12.3. The standard InChI is InChI=1S/C42H36N2O8/c1-3-5-25-49-29-17-21-31(22-18-29)51-37-33-35(41(47)43(39(33)45)27-13-9-7-10-14-27)38(52-32-23-19-30(20-24-32)50-26-6-4-2)36-34(37)40(46)44(42(36)48)28-15-11-8-12-16-28/h7-24H,3-6,25-26H2,1-2H3. The Labute approximate surface area is 298 Å². The number of fused-ring (bicyclic) bond motifs is 2. The van der Waals surface area contributed by atoms with Crippen molar-refractivity contribution in [1.29, 1.82) is 0 Å². The maximum absolute atomic E-state index is 14.5. The Kier molecular flexibility index (Phi) is 9.70. The van der Waals surface area contributed by atoms with Crippen molar-refractivity contribution in [3.63, 3.8) is 0 Å². The highest BCUT2D eigenvalue weighted by molar-refractivity contribution is 6.11. The molecule has 0 spiro atoms. The number of unbranched alkanes of at least 4 members (excludes halogenated alkanes) is 2. The summed E-state index contributed by atoms with van der Waals surface area (Å²) in [4.78, 5) is 57.8. The number of hydrogen-bond donors (Lipinski definition) is 0. The van der Waals surface area contributed by atoms with Crippen LogP contribution >= 0.6 is 0 Å². The molecule has 0 aliphatic carbocycles. The number of aromatic nitrogens is 2. The lowest BCUT2D eigenvalue weighted by Crippen LogP contribution is -2.24. The summed E-state index contributed by atoms with van der Waals surface area (Å²) in [6.07, 6.45) is 3.75. The number of para-hydroxylation sites is 2. The Bertz CT molecular complexity index is 2290. The van der Waals surface area contributed by atoms with Crippen molar-refractivity contribution in [3.8, 4) is 45.9 Å². The van der Waals surface area contributed by atoms with Crippen LogP contribution in [0.3, 0.4) is 0 Å². The van der Waals surface area contributed by atoms with Gasteiger partial charge in [-0.05, 0) is 85.6 Å². The summed E-state index contributed by atoms with van der Waals surface area (Å²) in [6.45, 7) is 5.24. The molecule has 0 saturated heterocycles. The van der Waals surface area contributed by atoms with Crippen molar-refractivity contribution in [1.82, 2.24) is 9.13 Å². The van der Waals surface area contributed by atoms with Crippen molar-refractivity contribution >= 4 is 21.5 Å². The predicted octanol–water partition coefficient (Wildman–Crippen LogP) is 7.83. The number of ether oxygens (including phenoxy) is 4. The van der Waals surface area contributed by atoms with Crippen molar-refractivity contribution in [2.45, 2.75) is 39.5 Å². The van der Waals surface area contributed by atoms with Crippen LogP contribution in [-0.4, -0.2) is 22.3 Å². The highest BCUT2D eigenvalue weighted by Crippen LogP contribution is 2.42. The van der Waals surface area contributed by atoms with Crippen LogP contribution in [0.5, 0.6) is 34.5 Å². The molecule has 0 aliphatic rings. The zero-order valence-corrected chi connectivity index (χ0v) is 28.8. The van der Waals surface area contributed by atoms with Gasteiger partial charge in [-0.15, -0.1) is 0 Å². The highest BCUT2D eigenvalue weighted by atomic mass is 16.5. The Hall–Kier alpha value is -6.42. The molecule has 10 nitrogen and oxygen atoms in total. The first-order chi connectivity index (χ1) is 25.4. The average Bonchev–Trinajstić information content (AvgIpc) is 3.59. The van der Waals surface area contributed by atoms with Gasteiger partial charge in [-0.3, -0.25) is 19.2 Å². The third-order valence-corrected chi connectivity index (χ3v) is 8.73. The summed E-state index contributed by atoms with van der Waals surface area (Å²) in [5.41, 5.74) is -2.32. The first kappa shape index (κ1) is 34.0. The lowest BCUT2D eigenvalue weighted by molar-refractivity contribution is 0.309. The van der Waals surface area contributed by atoms with E-state index in [0.717, 1.165) is 34.8 Å². The molecule has 2 aromatic heterocycles. The van der Waals surface area contributed by atoms with E-state index in [0.29, 0.717) is 36.1 Å². The van der Waals surface area contributed by atoms with Gasteiger partial charge < -0.3 is 18.9 Å². The van der Waals surface area contributed by atoms with E-state index in [1.54, 1.807) is 109 Å². The minimum atomic E-state index is -0.730. The number of nitrogens with zero attached hydrogens (tertiary/aromatic N) is 2. The number of benzene rings is 5. The molecular weight excluding hydrogens is 660 g/mol. The molecule has 52 heavy (non-hydrogen) atoms. The molecule has 0 bridgehead atoms. The van der Waals surface area contributed by atoms with Crippen LogP contribution in [0.1, 0.15) is 39.5 Å². The van der Waals surface area contributed by atoms with Gasteiger partial charge in [-0.25, -0.2) is 9.13 Å². The summed E-state index contributed by atoms with van der Waals surface area (Å²) >= 11 is 0. The molecule has 0 fully saturated rings. The summed E-state index contributed by atoms with van der Waals surface area (Å²) in [7, 11) is 0. The number of hydrogen-bond acceptors (Lipinski definition) is 8. The molecule has 0 atom stereocenters. The van der Waals surface area contributed by atoms with Crippen molar-refractivity contribution in [2.75, 3.05) is 13.2 Å². The Morgan fingerprint density at radius 3 is 1.04 bits per heavy atom. The minimum absolute atomic E-state index is 0.193. The summed E-state index contributed by atoms with van der Waals surface area (Å²) < 4.78 is 26.4. The maximum Gasteiger partial charge on any atom is 0.270 e. The largest absolute Gasteiger partial charge is 0.494 e. The van der Waals surface area contributed by atoms with Crippen LogP contribution in [0.15, 0.2) is 128 Å². The maximum atomic E-state index is 14.5. The van der Waals surface area contributed by atoms with E-state index in [1.807, 2.05) is 0 Å². The molecule has 7 aromatic rings. The van der Waals surface area contributed by atoms with Crippen LogP contribution in [0.4, 0.5) is 0 Å². The van der Waals surface area contributed by atoms with Crippen LogP contribution in [0.25, 0.3) is 32.9 Å². The molecule has 0 saturated carbocycles. The van der Waals surface area contributed by atoms with E-state index in [4.69, 9.17) is 18.9 Å². The first-order valence-electron chi connectivity index (χ1n) is 17.3. The van der Waals surface area contributed by atoms with E-state index in [9.17, 15) is 19.2 Å². The van der Waals surface area contributed by atoms with Crippen LogP contribution in [0.2, 0.25) is 0 Å².